The smallest absolute Gasteiger partial charge is 0.410 e. The van der Waals surface area contributed by atoms with Crippen LogP contribution >= 0.6 is 11.8 Å². The van der Waals surface area contributed by atoms with Gasteiger partial charge in [0.1, 0.15) is 5.60 Å². The van der Waals surface area contributed by atoms with Gasteiger partial charge in [-0.2, -0.15) is 0 Å². The van der Waals surface area contributed by atoms with Crippen LogP contribution in [0, 0.1) is 11.3 Å². The summed E-state index contributed by atoms with van der Waals surface area (Å²) in [5, 5.41) is 1.14. The van der Waals surface area contributed by atoms with Gasteiger partial charge < -0.3 is 9.64 Å². The first-order valence-electron chi connectivity index (χ1n) is 8.37. The highest BCUT2D eigenvalue weighted by Crippen LogP contribution is 2.77. The summed E-state index contributed by atoms with van der Waals surface area (Å²) < 4.78 is 5.87. The maximum atomic E-state index is 12.0. The second-order valence-electron chi connectivity index (χ2n) is 8.43. The van der Waals surface area contributed by atoms with Crippen molar-refractivity contribution >= 4 is 17.9 Å². The Morgan fingerprint density at radius 3 is 2.57 bits per heavy atom. The summed E-state index contributed by atoms with van der Waals surface area (Å²) in [5.41, 5.74) is 0.0994. The minimum atomic E-state index is -0.401. The Hall–Kier alpha value is -1.23. The molecule has 23 heavy (non-hydrogen) atoms. The first-order chi connectivity index (χ1) is 10.8. The van der Waals surface area contributed by atoms with Crippen molar-refractivity contribution in [3.05, 3.63) is 24.4 Å². The SMILES string of the molecule is CC(C)(C)OC(=O)N1CC(C23CC(Sc4ccccn4)(C2)C3)C1. The Bertz CT molecular complexity index is 600. The summed E-state index contributed by atoms with van der Waals surface area (Å²) in [6.45, 7) is 7.50. The number of likely N-dealkylation sites (tertiary alicyclic amines) is 1. The van der Waals surface area contributed by atoms with E-state index in [2.05, 4.69) is 17.1 Å². The van der Waals surface area contributed by atoms with Gasteiger partial charge in [0.05, 0.1) is 5.03 Å². The number of hydrogen-bond acceptors (Lipinski definition) is 4. The summed E-state index contributed by atoms with van der Waals surface area (Å²) in [5.74, 6) is 0.668. The fraction of sp³-hybridized carbons (Fsp3) is 0.667. The molecule has 4 nitrogen and oxygen atoms in total. The monoisotopic (exact) mass is 332 g/mol. The molecule has 4 fully saturated rings. The number of rotatable bonds is 3. The molecule has 1 amide bonds. The molecular weight excluding hydrogens is 308 g/mol. The summed E-state index contributed by atoms with van der Waals surface area (Å²) >= 11 is 1.95. The molecule has 5 heteroatoms. The van der Waals surface area contributed by atoms with Crippen LogP contribution in [0.1, 0.15) is 40.0 Å². The number of pyridine rings is 1. The fourth-order valence-corrected chi connectivity index (χ4v) is 6.06. The fourth-order valence-electron chi connectivity index (χ4n) is 4.28. The lowest BCUT2D eigenvalue weighted by Crippen LogP contribution is -2.73. The molecule has 5 rings (SSSR count). The highest BCUT2D eigenvalue weighted by atomic mass is 32.2. The van der Waals surface area contributed by atoms with Crippen molar-refractivity contribution in [3.63, 3.8) is 0 Å². The van der Waals surface area contributed by atoms with Crippen molar-refractivity contribution < 1.29 is 9.53 Å². The van der Waals surface area contributed by atoms with Gasteiger partial charge in [0.25, 0.3) is 0 Å². The van der Waals surface area contributed by atoms with Crippen molar-refractivity contribution in [2.75, 3.05) is 13.1 Å². The average Bonchev–Trinajstić information content (AvgIpc) is 2.31. The van der Waals surface area contributed by atoms with E-state index in [-0.39, 0.29) is 6.09 Å². The second-order valence-corrected chi connectivity index (χ2v) is 9.92. The summed E-state index contributed by atoms with van der Waals surface area (Å²) in [4.78, 5) is 18.3. The van der Waals surface area contributed by atoms with Gasteiger partial charge in [-0.25, -0.2) is 9.78 Å². The van der Waals surface area contributed by atoms with E-state index < -0.39 is 5.60 Å². The van der Waals surface area contributed by atoms with Crippen LogP contribution in [-0.2, 0) is 4.74 Å². The Morgan fingerprint density at radius 1 is 1.30 bits per heavy atom. The number of aromatic nitrogens is 1. The molecule has 1 saturated heterocycles. The van der Waals surface area contributed by atoms with Gasteiger partial charge in [0, 0.05) is 30.0 Å². The van der Waals surface area contributed by atoms with Gasteiger partial charge in [0.2, 0.25) is 0 Å². The third kappa shape index (κ3) is 2.63. The zero-order valence-electron chi connectivity index (χ0n) is 14.0. The van der Waals surface area contributed by atoms with Crippen LogP contribution in [0.2, 0.25) is 0 Å². The van der Waals surface area contributed by atoms with Crippen molar-refractivity contribution in [3.8, 4) is 0 Å². The quantitative estimate of drug-likeness (QED) is 0.840. The zero-order chi connectivity index (χ0) is 16.3. The molecule has 0 spiro atoms. The number of nitrogens with zero attached hydrogens (tertiary/aromatic N) is 2. The molecule has 0 atom stereocenters. The number of hydrogen-bond donors (Lipinski definition) is 0. The van der Waals surface area contributed by atoms with E-state index in [0.717, 1.165) is 18.1 Å². The van der Waals surface area contributed by atoms with Gasteiger partial charge in [-0.3, -0.25) is 0 Å². The molecule has 3 aliphatic carbocycles. The Balaban J connectivity index is 1.26. The minimum Gasteiger partial charge on any atom is -0.444 e. The van der Waals surface area contributed by atoms with Crippen LogP contribution in [0.4, 0.5) is 4.79 Å². The van der Waals surface area contributed by atoms with Crippen LogP contribution in [0.3, 0.4) is 0 Å². The molecule has 0 N–H and O–H groups in total. The molecule has 1 aliphatic heterocycles. The first kappa shape index (κ1) is 15.3. The summed E-state index contributed by atoms with van der Waals surface area (Å²) in [6, 6.07) is 6.12. The van der Waals surface area contributed by atoms with Crippen LogP contribution in [0.25, 0.3) is 0 Å². The van der Waals surface area contributed by atoms with E-state index in [4.69, 9.17) is 4.74 Å². The molecule has 3 saturated carbocycles. The van der Waals surface area contributed by atoms with Crippen molar-refractivity contribution in [1.29, 1.82) is 0 Å². The Labute approximate surface area is 142 Å². The van der Waals surface area contributed by atoms with Gasteiger partial charge in [0.15, 0.2) is 0 Å². The van der Waals surface area contributed by atoms with Crippen LogP contribution in [-0.4, -0.2) is 39.4 Å². The lowest BCUT2D eigenvalue weighted by atomic mass is 9.38. The third-order valence-corrected chi connectivity index (χ3v) is 6.70. The molecule has 4 aliphatic rings. The number of ether oxygens (including phenoxy) is 1. The molecular formula is C18H24N2O2S. The van der Waals surface area contributed by atoms with Crippen LogP contribution in [0.5, 0.6) is 0 Å². The third-order valence-electron chi connectivity index (χ3n) is 5.38. The van der Waals surface area contributed by atoms with E-state index in [9.17, 15) is 4.79 Å². The van der Waals surface area contributed by atoms with E-state index in [1.54, 1.807) is 0 Å². The van der Waals surface area contributed by atoms with Gasteiger partial charge in [-0.05, 0) is 57.6 Å². The van der Waals surface area contributed by atoms with Crippen LogP contribution < -0.4 is 0 Å². The Kier molecular flexibility index (Phi) is 3.25. The van der Waals surface area contributed by atoms with Crippen molar-refractivity contribution in [2.45, 2.75) is 55.4 Å². The van der Waals surface area contributed by atoms with Crippen molar-refractivity contribution in [1.82, 2.24) is 9.88 Å². The van der Waals surface area contributed by atoms with Crippen molar-refractivity contribution in [2.24, 2.45) is 11.3 Å². The average molecular weight is 332 g/mol. The molecule has 124 valence electrons. The lowest BCUT2D eigenvalue weighted by molar-refractivity contribution is -0.164. The standard InChI is InChI=1S/C18H24N2O2S/c1-16(2,3)22-15(21)20-8-13(9-20)17-10-18(11-17,12-17)23-14-6-4-5-7-19-14/h4-7,13H,8-12H2,1-3H3. The molecule has 0 radical (unpaired) electrons. The predicted molar refractivity (Wildman–Crippen MR) is 90.4 cm³/mol. The van der Waals surface area contributed by atoms with E-state index in [0.29, 0.717) is 16.1 Å². The summed E-state index contributed by atoms with van der Waals surface area (Å²) in [6.07, 6.45) is 5.57. The summed E-state index contributed by atoms with van der Waals surface area (Å²) in [7, 11) is 0. The number of amides is 1. The maximum Gasteiger partial charge on any atom is 0.410 e. The van der Waals surface area contributed by atoms with E-state index in [1.165, 1.54) is 19.3 Å². The van der Waals surface area contributed by atoms with Crippen LogP contribution in [0.15, 0.2) is 29.4 Å². The minimum absolute atomic E-state index is 0.155. The number of thioether (sulfide) groups is 1. The highest BCUT2D eigenvalue weighted by Gasteiger charge is 2.72. The first-order valence-corrected chi connectivity index (χ1v) is 9.19. The Morgan fingerprint density at radius 2 is 2.00 bits per heavy atom. The topological polar surface area (TPSA) is 42.4 Å². The molecule has 2 heterocycles. The number of carbonyl (C=O) groups is 1. The van der Waals surface area contributed by atoms with Gasteiger partial charge in [-0.15, -0.1) is 0 Å². The normalized spacial score (nSPS) is 32.6. The predicted octanol–water partition coefficient (Wildman–Crippen LogP) is 3.96. The van der Waals surface area contributed by atoms with Gasteiger partial charge >= 0.3 is 6.09 Å². The highest BCUT2D eigenvalue weighted by molar-refractivity contribution is 8.00. The van der Waals surface area contributed by atoms with Gasteiger partial charge in [-0.1, -0.05) is 17.8 Å². The molecule has 0 aromatic carbocycles. The lowest BCUT2D eigenvalue weighted by Gasteiger charge is -2.74. The number of carbonyl (C=O) groups excluding carboxylic acids is 1. The molecule has 1 aromatic rings. The van der Waals surface area contributed by atoms with E-state index in [1.807, 2.05) is 49.7 Å². The van der Waals surface area contributed by atoms with E-state index >= 15 is 0 Å². The molecule has 0 unspecified atom stereocenters. The largest absolute Gasteiger partial charge is 0.444 e. The second kappa shape index (κ2) is 4.88. The zero-order valence-corrected chi connectivity index (χ0v) is 14.9. The molecule has 2 bridgehead atoms. The molecule has 1 aromatic heterocycles. The maximum absolute atomic E-state index is 12.0.